The number of carbonyl (C=O) groups is 1. The number of carboxylic acids is 1. The number of pyridine rings is 1. The van der Waals surface area contributed by atoms with Gasteiger partial charge < -0.3 is 5.11 Å². The zero-order chi connectivity index (χ0) is 14.5. The fraction of sp³-hybridized carbons (Fsp3) is 0.250. The van der Waals surface area contributed by atoms with Gasteiger partial charge in [0.25, 0.3) is 0 Å². The Bertz CT molecular complexity index is 608. The predicted octanol–water partition coefficient (Wildman–Crippen LogP) is 4.19. The molecule has 1 N–H and O–H groups in total. The molecule has 1 aromatic carbocycles. The zero-order valence-corrected chi connectivity index (χ0v) is 12.4. The van der Waals surface area contributed by atoms with Crippen LogP contribution in [0.25, 0.3) is 0 Å². The summed E-state index contributed by atoms with van der Waals surface area (Å²) in [6, 6.07) is 11.4. The molecule has 104 valence electrons. The first-order valence-corrected chi connectivity index (χ1v) is 7.39. The third-order valence-corrected chi connectivity index (χ3v) is 3.78. The molecule has 0 saturated carbocycles. The summed E-state index contributed by atoms with van der Waals surface area (Å²) in [5.41, 5.74) is 2.34. The van der Waals surface area contributed by atoms with Crippen LogP contribution in [0, 0.1) is 6.92 Å². The molecule has 1 heterocycles. The molecule has 0 aliphatic carbocycles. The van der Waals surface area contributed by atoms with Gasteiger partial charge in [0, 0.05) is 10.6 Å². The molecule has 0 unspecified atom stereocenters. The van der Waals surface area contributed by atoms with Crippen LogP contribution in [0.1, 0.15) is 35.0 Å². The predicted molar refractivity (Wildman–Crippen MR) is 80.5 cm³/mol. The van der Waals surface area contributed by atoms with Gasteiger partial charge in [-0.3, -0.25) is 0 Å². The van der Waals surface area contributed by atoms with Gasteiger partial charge in [0.1, 0.15) is 5.03 Å². The van der Waals surface area contributed by atoms with Crippen molar-refractivity contribution in [3.8, 4) is 0 Å². The second kappa shape index (κ2) is 6.57. The number of nitrogens with zero attached hydrogens (tertiary/aromatic N) is 1. The van der Waals surface area contributed by atoms with E-state index in [-0.39, 0.29) is 0 Å². The summed E-state index contributed by atoms with van der Waals surface area (Å²) in [7, 11) is 0. The van der Waals surface area contributed by atoms with Crippen LogP contribution < -0.4 is 0 Å². The Morgan fingerprint density at radius 1 is 1.25 bits per heavy atom. The highest BCUT2D eigenvalue weighted by Gasteiger charge is 2.09. The van der Waals surface area contributed by atoms with E-state index >= 15 is 0 Å². The molecule has 1 aromatic heterocycles. The highest BCUT2D eigenvalue weighted by atomic mass is 32.2. The summed E-state index contributed by atoms with van der Waals surface area (Å²) in [6.45, 7) is 4.10. The first-order valence-electron chi connectivity index (χ1n) is 6.57. The summed E-state index contributed by atoms with van der Waals surface area (Å²) >= 11 is 1.49. The van der Waals surface area contributed by atoms with Crippen molar-refractivity contribution < 1.29 is 9.90 Å². The lowest BCUT2D eigenvalue weighted by atomic mass is 10.2. The third-order valence-electron chi connectivity index (χ3n) is 2.85. The zero-order valence-electron chi connectivity index (χ0n) is 11.6. The lowest BCUT2D eigenvalue weighted by Crippen LogP contribution is -2.01. The Hall–Kier alpha value is -1.81. The van der Waals surface area contributed by atoms with Gasteiger partial charge in [-0.2, -0.15) is 0 Å². The van der Waals surface area contributed by atoms with E-state index < -0.39 is 5.97 Å². The Balaban J connectivity index is 2.29. The molecule has 20 heavy (non-hydrogen) atoms. The molecule has 0 amide bonds. The lowest BCUT2D eigenvalue weighted by molar-refractivity contribution is 0.0696. The molecule has 0 radical (unpaired) electrons. The molecule has 0 bridgehead atoms. The Morgan fingerprint density at radius 3 is 2.55 bits per heavy atom. The van der Waals surface area contributed by atoms with Gasteiger partial charge in [0.2, 0.25) is 0 Å². The van der Waals surface area contributed by atoms with E-state index in [1.807, 2.05) is 31.2 Å². The van der Waals surface area contributed by atoms with Crippen molar-refractivity contribution in [2.24, 2.45) is 0 Å². The van der Waals surface area contributed by atoms with E-state index in [4.69, 9.17) is 5.11 Å². The maximum absolute atomic E-state index is 11.2. The molecule has 0 saturated heterocycles. The van der Waals surface area contributed by atoms with E-state index in [9.17, 15) is 4.79 Å². The Kier molecular flexibility index (Phi) is 4.79. The fourth-order valence-electron chi connectivity index (χ4n) is 1.85. The summed E-state index contributed by atoms with van der Waals surface area (Å²) in [4.78, 5) is 16.8. The maximum atomic E-state index is 11.2. The summed E-state index contributed by atoms with van der Waals surface area (Å²) in [5.74, 6) is -0.907. The third kappa shape index (κ3) is 3.84. The molecule has 0 fully saturated rings. The molecule has 4 heteroatoms. The minimum absolute atomic E-state index is 0.304. The summed E-state index contributed by atoms with van der Waals surface area (Å²) < 4.78 is 0. The van der Waals surface area contributed by atoms with Gasteiger partial charge in [0.15, 0.2) is 0 Å². The van der Waals surface area contributed by atoms with Crippen molar-refractivity contribution in [1.29, 1.82) is 0 Å². The highest BCUT2D eigenvalue weighted by molar-refractivity contribution is 7.99. The van der Waals surface area contributed by atoms with Gasteiger partial charge in [-0.15, -0.1) is 0 Å². The number of aromatic nitrogens is 1. The average Bonchev–Trinajstić information content (AvgIpc) is 2.41. The van der Waals surface area contributed by atoms with E-state index in [0.29, 0.717) is 5.56 Å². The number of benzene rings is 1. The minimum Gasteiger partial charge on any atom is -0.478 e. The van der Waals surface area contributed by atoms with Gasteiger partial charge in [-0.1, -0.05) is 42.8 Å². The van der Waals surface area contributed by atoms with Crippen molar-refractivity contribution in [2.45, 2.75) is 36.6 Å². The molecule has 2 rings (SSSR count). The number of hydrogen-bond acceptors (Lipinski definition) is 3. The van der Waals surface area contributed by atoms with Gasteiger partial charge in [-0.25, -0.2) is 9.78 Å². The smallest absolute Gasteiger partial charge is 0.335 e. The van der Waals surface area contributed by atoms with E-state index in [2.05, 4.69) is 11.9 Å². The molecule has 0 aliphatic heterocycles. The van der Waals surface area contributed by atoms with Crippen molar-refractivity contribution >= 4 is 17.7 Å². The highest BCUT2D eigenvalue weighted by Crippen LogP contribution is 2.27. The standard InChI is InChI=1S/C16H17NO2S/c1-3-4-13-9-12(16(18)19)10-15(17-13)20-14-7-5-11(2)6-8-14/h5-10H,3-4H2,1-2H3,(H,18,19). The number of rotatable bonds is 5. The average molecular weight is 287 g/mol. The molecular formula is C16H17NO2S. The SMILES string of the molecule is CCCc1cc(C(=O)O)cc(Sc2ccc(C)cc2)n1. The normalized spacial score (nSPS) is 10.5. The van der Waals surface area contributed by atoms with Crippen LogP contribution in [0.5, 0.6) is 0 Å². The Labute approximate surface area is 123 Å². The lowest BCUT2D eigenvalue weighted by Gasteiger charge is -2.06. The van der Waals surface area contributed by atoms with Crippen molar-refractivity contribution in [1.82, 2.24) is 4.98 Å². The van der Waals surface area contributed by atoms with Gasteiger partial charge >= 0.3 is 5.97 Å². The topological polar surface area (TPSA) is 50.2 Å². The van der Waals surface area contributed by atoms with Crippen LogP contribution >= 0.6 is 11.8 Å². The molecule has 0 atom stereocenters. The number of hydrogen-bond donors (Lipinski definition) is 1. The minimum atomic E-state index is -0.907. The molecule has 0 spiro atoms. The fourth-order valence-corrected chi connectivity index (χ4v) is 2.71. The Morgan fingerprint density at radius 2 is 1.95 bits per heavy atom. The van der Waals surface area contributed by atoms with Crippen molar-refractivity contribution in [2.75, 3.05) is 0 Å². The van der Waals surface area contributed by atoms with Crippen LogP contribution in [0.15, 0.2) is 46.3 Å². The second-order valence-electron chi connectivity index (χ2n) is 4.66. The second-order valence-corrected chi connectivity index (χ2v) is 5.75. The van der Waals surface area contributed by atoms with Crippen LogP contribution in [0.4, 0.5) is 0 Å². The van der Waals surface area contributed by atoms with Crippen molar-refractivity contribution in [3.63, 3.8) is 0 Å². The number of aromatic carboxylic acids is 1. The quantitative estimate of drug-likeness (QED) is 0.895. The summed E-state index contributed by atoms with van der Waals surface area (Å²) in [6.07, 6.45) is 1.74. The van der Waals surface area contributed by atoms with Gasteiger partial charge in [0.05, 0.1) is 5.56 Å². The largest absolute Gasteiger partial charge is 0.478 e. The van der Waals surface area contributed by atoms with E-state index in [0.717, 1.165) is 28.5 Å². The van der Waals surface area contributed by atoms with E-state index in [1.54, 1.807) is 12.1 Å². The summed E-state index contributed by atoms with van der Waals surface area (Å²) in [5, 5.41) is 9.90. The van der Waals surface area contributed by atoms with E-state index in [1.165, 1.54) is 17.3 Å². The maximum Gasteiger partial charge on any atom is 0.335 e. The molecule has 3 nitrogen and oxygen atoms in total. The molecular weight excluding hydrogens is 270 g/mol. The van der Waals surface area contributed by atoms with Gasteiger partial charge in [-0.05, 0) is 37.6 Å². The van der Waals surface area contributed by atoms with Crippen LogP contribution in [-0.4, -0.2) is 16.1 Å². The van der Waals surface area contributed by atoms with Crippen molar-refractivity contribution in [3.05, 3.63) is 53.2 Å². The molecule has 0 aliphatic rings. The number of carboxylic acid groups (broad SMARTS) is 1. The van der Waals surface area contributed by atoms with Crippen LogP contribution in [0.3, 0.4) is 0 Å². The van der Waals surface area contributed by atoms with Crippen LogP contribution in [-0.2, 0) is 6.42 Å². The van der Waals surface area contributed by atoms with Crippen LogP contribution in [0.2, 0.25) is 0 Å². The first-order chi connectivity index (χ1) is 9.58. The first kappa shape index (κ1) is 14.6. The number of aryl methyl sites for hydroxylation is 2. The monoisotopic (exact) mass is 287 g/mol. The molecule has 2 aromatic rings.